The molecular weight excluding hydrogens is 386 g/mol. The standard InChI is InChI=1S/C23H27NO6/c1-2-29-21(27)14-10-23(28)16-9-13-5-6-15(25)19-17(13)22(23,20(30-19)18(14)26)7-8-24(16)11-12-3-4-12/h5-6,12,16,20,25-26,28H,2-4,7-11H2,1H3/t16-,20+,22+,23-/m1/s1. The Kier molecular flexibility index (Phi) is 3.65. The second kappa shape index (κ2) is 5.92. The van der Waals surface area contributed by atoms with Crippen LogP contribution >= 0.6 is 0 Å². The van der Waals surface area contributed by atoms with Gasteiger partial charge in [0.25, 0.3) is 0 Å². The number of carbonyl (C=O) groups excluding carboxylic acids is 1. The van der Waals surface area contributed by atoms with Crippen molar-refractivity contribution < 1.29 is 29.6 Å². The molecule has 1 aromatic carbocycles. The molecule has 4 atom stereocenters. The first-order valence-corrected chi connectivity index (χ1v) is 11.0. The first-order valence-electron chi connectivity index (χ1n) is 11.0. The molecule has 30 heavy (non-hydrogen) atoms. The number of rotatable bonds is 4. The van der Waals surface area contributed by atoms with E-state index in [9.17, 15) is 20.1 Å². The van der Waals surface area contributed by atoms with E-state index in [2.05, 4.69) is 4.90 Å². The molecule has 7 heteroatoms. The van der Waals surface area contributed by atoms with Crippen LogP contribution in [0.4, 0.5) is 0 Å². The normalized spacial score (nSPS) is 36.3. The number of piperidine rings is 1. The highest BCUT2D eigenvalue weighted by molar-refractivity contribution is 5.90. The third-order valence-electron chi connectivity index (χ3n) is 8.04. The average molecular weight is 413 g/mol. The van der Waals surface area contributed by atoms with Gasteiger partial charge in [-0.25, -0.2) is 4.79 Å². The number of nitrogens with zero attached hydrogens (tertiary/aromatic N) is 1. The van der Waals surface area contributed by atoms with E-state index in [4.69, 9.17) is 9.47 Å². The minimum atomic E-state index is -1.29. The molecule has 2 heterocycles. The predicted octanol–water partition coefficient (Wildman–Crippen LogP) is 1.94. The van der Waals surface area contributed by atoms with E-state index < -0.39 is 23.1 Å². The second-order valence-electron chi connectivity index (χ2n) is 9.51. The summed E-state index contributed by atoms with van der Waals surface area (Å²) in [4.78, 5) is 15.0. The predicted molar refractivity (Wildman–Crippen MR) is 106 cm³/mol. The molecule has 6 rings (SSSR count). The Labute approximate surface area is 174 Å². The van der Waals surface area contributed by atoms with Crippen molar-refractivity contribution in [3.05, 3.63) is 34.6 Å². The number of benzene rings is 1. The molecule has 3 aliphatic carbocycles. The van der Waals surface area contributed by atoms with Gasteiger partial charge in [0.2, 0.25) is 0 Å². The minimum Gasteiger partial charge on any atom is -0.508 e. The van der Waals surface area contributed by atoms with E-state index in [1.807, 2.05) is 6.07 Å². The summed E-state index contributed by atoms with van der Waals surface area (Å²) in [7, 11) is 0. The molecule has 1 saturated carbocycles. The van der Waals surface area contributed by atoms with E-state index in [1.165, 1.54) is 12.8 Å². The molecule has 0 amide bonds. The number of hydrogen-bond donors (Lipinski definition) is 3. The van der Waals surface area contributed by atoms with Gasteiger partial charge in [-0.15, -0.1) is 0 Å². The SMILES string of the molecule is CCOC(=O)C1=C(O)[C@@H]2Oc3c(O)ccc4c3[C@@]23CCN(CC2CC2)[C@H](C4)[C@]3(O)C1. The third kappa shape index (κ3) is 2.10. The molecule has 0 aromatic heterocycles. The first kappa shape index (κ1) is 18.5. The maximum atomic E-state index is 12.7. The highest BCUT2D eigenvalue weighted by Crippen LogP contribution is 2.66. The smallest absolute Gasteiger partial charge is 0.337 e. The highest BCUT2D eigenvalue weighted by Gasteiger charge is 2.73. The fraction of sp³-hybridized carbons (Fsp3) is 0.609. The summed E-state index contributed by atoms with van der Waals surface area (Å²) in [5, 5.41) is 34.0. The van der Waals surface area contributed by atoms with Gasteiger partial charge in [0, 0.05) is 24.6 Å². The molecule has 0 unspecified atom stereocenters. The Balaban J connectivity index is 1.56. The number of phenols is 1. The van der Waals surface area contributed by atoms with Crippen molar-refractivity contribution in [2.75, 3.05) is 19.7 Å². The Hall–Kier alpha value is -2.25. The number of phenolic OH excluding ortho intramolecular Hbond substituents is 1. The van der Waals surface area contributed by atoms with Crippen LogP contribution in [0.25, 0.3) is 0 Å². The summed E-state index contributed by atoms with van der Waals surface area (Å²) in [5.41, 5.74) is -0.210. The lowest BCUT2D eigenvalue weighted by Crippen LogP contribution is -2.75. The topological polar surface area (TPSA) is 99.5 Å². The van der Waals surface area contributed by atoms with Gasteiger partial charge in [0.05, 0.1) is 23.2 Å². The van der Waals surface area contributed by atoms with Crippen LogP contribution in [0.1, 0.15) is 43.7 Å². The fourth-order valence-corrected chi connectivity index (χ4v) is 6.57. The van der Waals surface area contributed by atoms with Crippen LogP contribution in [0.15, 0.2) is 23.5 Å². The van der Waals surface area contributed by atoms with Crippen molar-refractivity contribution in [2.45, 2.75) is 62.2 Å². The molecule has 7 nitrogen and oxygen atoms in total. The van der Waals surface area contributed by atoms with Crippen molar-refractivity contribution in [1.29, 1.82) is 0 Å². The van der Waals surface area contributed by atoms with Crippen LogP contribution in [0.2, 0.25) is 0 Å². The van der Waals surface area contributed by atoms with Crippen LogP contribution in [0.5, 0.6) is 11.5 Å². The van der Waals surface area contributed by atoms with Crippen LogP contribution in [0.3, 0.4) is 0 Å². The average Bonchev–Trinajstić information content (AvgIpc) is 3.45. The van der Waals surface area contributed by atoms with Gasteiger partial charge in [-0.3, -0.25) is 4.90 Å². The molecule has 1 aromatic rings. The Morgan fingerprint density at radius 3 is 2.87 bits per heavy atom. The van der Waals surface area contributed by atoms with Crippen LogP contribution < -0.4 is 4.74 Å². The number of hydrogen-bond acceptors (Lipinski definition) is 7. The van der Waals surface area contributed by atoms with E-state index in [0.29, 0.717) is 24.5 Å². The first-order chi connectivity index (χ1) is 14.4. The molecule has 3 N–H and O–H groups in total. The van der Waals surface area contributed by atoms with Gasteiger partial charge in [0.15, 0.2) is 17.6 Å². The molecule has 1 spiro atoms. The lowest BCUT2D eigenvalue weighted by atomic mass is 9.49. The van der Waals surface area contributed by atoms with E-state index in [-0.39, 0.29) is 36.2 Å². The van der Waals surface area contributed by atoms with E-state index in [0.717, 1.165) is 24.2 Å². The molecule has 0 radical (unpaired) electrons. The van der Waals surface area contributed by atoms with Gasteiger partial charge in [-0.05, 0) is 56.7 Å². The van der Waals surface area contributed by atoms with Gasteiger partial charge < -0.3 is 24.8 Å². The molecule has 1 saturated heterocycles. The lowest BCUT2D eigenvalue weighted by molar-refractivity contribution is -0.175. The second-order valence-corrected chi connectivity index (χ2v) is 9.51. The number of aliphatic hydroxyl groups excluding tert-OH is 1. The Bertz CT molecular complexity index is 984. The maximum absolute atomic E-state index is 12.7. The number of aliphatic hydroxyl groups is 2. The number of carbonyl (C=O) groups is 1. The summed E-state index contributed by atoms with van der Waals surface area (Å²) in [6.45, 7) is 3.64. The van der Waals surface area contributed by atoms with Crippen LogP contribution in [0, 0.1) is 5.92 Å². The molecule has 2 bridgehead atoms. The molecule has 2 aliphatic heterocycles. The zero-order valence-electron chi connectivity index (χ0n) is 17.1. The zero-order valence-corrected chi connectivity index (χ0v) is 17.1. The third-order valence-corrected chi connectivity index (χ3v) is 8.04. The molecular formula is C23H27NO6. The largest absolute Gasteiger partial charge is 0.508 e. The summed E-state index contributed by atoms with van der Waals surface area (Å²) >= 11 is 0. The monoisotopic (exact) mass is 413 g/mol. The van der Waals surface area contributed by atoms with Crippen molar-refractivity contribution in [1.82, 2.24) is 4.90 Å². The van der Waals surface area contributed by atoms with Gasteiger partial charge >= 0.3 is 5.97 Å². The number of likely N-dealkylation sites (tertiary alicyclic amines) is 1. The van der Waals surface area contributed by atoms with Crippen LogP contribution in [-0.4, -0.2) is 63.6 Å². The lowest BCUT2D eigenvalue weighted by Gasteiger charge is -2.62. The Morgan fingerprint density at radius 2 is 2.13 bits per heavy atom. The Morgan fingerprint density at radius 1 is 1.33 bits per heavy atom. The molecule has 5 aliphatic rings. The summed E-state index contributed by atoms with van der Waals surface area (Å²) in [6.07, 6.45) is 2.80. The zero-order chi connectivity index (χ0) is 20.8. The van der Waals surface area contributed by atoms with E-state index >= 15 is 0 Å². The number of ether oxygens (including phenoxy) is 2. The minimum absolute atomic E-state index is 0.00391. The van der Waals surface area contributed by atoms with Crippen molar-refractivity contribution in [2.24, 2.45) is 5.92 Å². The molecule has 2 fully saturated rings. The van der Waals surface area contributed by atoms with Crippen molar-refractivity contribution >= 4 is 5.97 Å². The van der Waals surface area contributed by atoms with Gasteiger partial charge in [-0.2, -0.15) is 0 Å². The fourth-order valence-electron chi connectivity index (χ4n) is 6.57. The number of aromatic hydroxyl groups is 1. The molecule has 160 valence electrons. The summed E-state index contributed by atoms with van der Waals surface area (Å²) in [5.74, 6) is 0.230. The summed E-state index contributed by atoms with van der Waals surface area (Å²) in [6, 6.07) is 3.36. The quantitative estimate of drug-likeness (QED) is 0.649. The number of esters is 1. The van der Waals surface area contributed by atoms with E-state index in [1.54, 1.807) is 13.0 Å². The van der Waals surface area contributed by atoms with Crippen LogP contribution in [-0.2, 0) is 21.4 Å². The van der Waals surface area contributed by atoms with Gasteiger partial charge in [0.1, 0.15) is 5.76 Å². The van der Waals surface area contributed by atoms with Crippen molar-refractivity contribution in [3.63, 3.8) is 0 Å². The van der Waals surface area contributed by atoms with Gasteiger partial charge in [-0.1, -0.05) is 6.07 Å². The highest BCUT2D eigenvalue weighted by atomic mass is 16.5. The van der Waals surface area contributed by atoms with Crippen molar-refractivity contribution in [3.8, 4) is 11.5 Å². The maximum Gasteiger partial charge on any atom is 0.337 e. The summed E-state index contributed by atoms with van der Waals surface area (Å²) < 4.78 is 11.3.